The zero-order valence-electron chi connectivity index (χ0n) is 13.6. The third-order valence-corrected chi connectivity index (χ3v) is 5.04. The van der Waals surface area contributed by atoms with E-state index in [9.17, 15) is 4.79 Å². The van der Waals surface area contributed by atoms with Crippen LogP contribution in [0.1, 0.15) is 25.7 Å². The number of carbonyl (C=O) groups excluding carboxylic acids is 1. The quantitative estimate of drug-likeness (QED) is 0.884. The molecule has 1 amide bonds. The van der Waals surface area contributed by atoms with E-state index >= 15 is 0 Å². The van der Waals surface area contributed by atoms with Crippen molar-refractivity contribution in [2.75, 3.05) is 31.2 Å². The van der Waals surface area contributed by atoms with Gasteiger partial charge in [0.1, 0.15) is 0 Å². The third kappa shape index (κ3) is 4.24. The van der Waals surface area contributed by atoms with Crippen molar-refractivity contribution in [1.82, 2.24) is 5.32 Å². The number of nitrogens with one attached hydrogen (secondary N) is 1. The van der Waals surface area contributed by atoms with Crippen LogP contribution in [0, 0.1) is 5.92 Å². The average Bonchev–Trinajstić information content (AvgIpc) is 2.63. The monoisotopic (exact) mass is 317 g/mol. The van der Waals surface area contributed by atoms with Crippen molar-refractivity contribution in [1.29, 1.82) is 0 Å². The van der Waals surface area contributed by atoms with Crippen molar-refractivity contribution in [3.63, 3.8) is 0 Å². The molecule has 3 rings (SSSR count). The Labute approximate surface area is 138 Å². The van der Waals surface area contributed by atoms with Crippen molar-refractivity contribution >= 4 is 11.6 Å². The maximum atomic E-state index is 12.4. The average molecular weight is 317 g/mol. The summed E-state index contributed by atoms with van der Waals surface area (Å²) in [6, 6.07) is 10.3. The summed E-state index contributed by atoms with van der Waals surface area (Å²) < 4.78 is 5.34. The van der Waals surface area contributed by atoms with Crippen molar-refractivity contribution in [3.05, 3.63) is 30.3 Å². The molecule has 5 heteroatoms. The second-order valence-electron chi connectivity index (χ2n) is 6.58. The second kappa shape index (κ2) is 7.79. The molecule has 0 aromatic heterocycles. The number of piperidine rings is 1. The standard InChI is InChI=1S/C18H27N3O2/c19-17(14-8-12-23-13-9-14)18(22)20-15-6-10-21(11-7-15)16-4-2-1-3-5-16/h1-5,14-15,17H,6-13,19H2,(H,20,22). The van der Waals surface area contributed by atoms with E-state index in [1.165, 1.54) is 5.69 Å². The molecule has 2 aliphatic rings. The molecule has 1 aromatic rings. The molecule has 0 spiro atoms. The largest absolute Gasteiger partial charge is 0.381 e. The molecule has 23 heavy (non-hydrogen) atoms. The number of anilines is 1. The smallest absolute Gasteiger partial charge is 0.237 e. The minimum atomic E-state index is -0.397. The summed E-state index contributed by atoms with van der Waals surface area (Å²) >= 11 is 0. The summed E-state index contributed by atoms with van der Waals surface area (Å²) in [5, 5.41) is 3.16. The number of hydrogen-bond acceptors (Lipinski definition) is 4. The van der Waals surface area contributed by atoms with Gasteiger partial charge in [-0.1, -0.05) is 18.2 Å². The molecular weight excluding hydrogens is 290 g/mol. The first-order valence-electron chi connectivity index (χ1n) is 8.68. The minimum absolute atomic E-state index is 0.00932. The zero-order valence-corrected chi connectivity index (χ0v) is 13.6. The summed E-state index contributed by atoms with van der Waals surface area (Å²) in [4.78, 5) is 14.7. The SMILES string of the molecule is NC(C(=O)NC1CCN(c2ccccc2)CC1)C1CCOCC1. The Hall–Kier alpha value is -1.59. The van der Waals surface area contributed by atoms with Gasteiger partial charge in [-0.05, 0) is 43.7 Å². The van der Waals surface area contributed by atoms with Gasteiger partial charge in [-0.2, -0.15) is 0 Å². The van der Waals surface area contributed by atoms with Crippen LogP contribution in [0.15, 0.2) is 30.3 Å². The number of rotatable bonds is 4. The lowest BCUT2D eigenvalue weighted by atomic mass is 9.91. The minimum Gasteiger partial charge on any atom is -0.381 e. The van der Waals surface area contributed by atoms with Crippen LogP contribution in [0.3, 0.4) is 0 Å². The number of nitrogens with two attached hydrogens (primary N) is 1. The van der Waals surface area contributed by atoms with Crippen LogP contribution in [0.25, 0.3) is 0 Å². The maximum Gasteiger partial charge on any atom is 0.237 e. The lowest BCUT2D eigenvalue weighted by molar-refractivity contribution is -0.125. The van der Waals surface area contributed by atoms with Crippen molar-refractivity contribution in [2.45, 2.75) is 37.8 Å². The first-order chi connectivity index (χ1) is 11.2. The number of ether oxygens (including phenoxy) is 1. The molecule has 5 nitrogen and oxygen atoms in total. The highest BCUT2D eigenvalue weighted by Gasteiger charge is 2.29. The fourth-order valence-electron chi connectivity index (χ4n) is 3.51. The van der Waals surface area contributed by atoms with Crippen LogP contribution < -0.4 is 16.0 Å². The van der Waals surface area contributed by atoms with Gasteiger partial charge in [0.2, 0.25) is 5.91 Å². The molecule has 2 aliphatic heterocycles. The number of amides is 1. The van der Waals surface area contributed by atoms with Crippen molar-refractivity contribution in [2.24, 2.45) is 11.7 Å². The highest BCUT2D eigenvalue weighted by atomic mass is 16.5. The van der Waals surface area contributed by atoms with Gasteiger partial charge in [-0.15, -0.1) is 0 Å². The number of nitrogens with zero attached hydrogens (tertiary/aromatic N) is 1. The molecular formula is C18H27N3O2. The molecule has 0 radical (unpaired) electrons. The van der Waals surface area contributed by atoms with Crippen molar-refractivity contribution in [3.8, 4) is 0 Å². The van der Waals surface area contributed by atoms with Gasteiger partial charge in [0, 0.05) is 38.0 Å². The molecule has 1 unspecified atom stereocenters. The van der Waals surface area contributed by atoms with E-state index in [1.807, 2.05) is 6.07 Å². The highest BCUT2D eigenvalue weighted by molar-refractivity contribution is 5.82. The van der Waals surface area contributed by atoms with E-state index in [4.69, 9.17) is 10.5 Å². The predicted octanol–water partition coefficient (Wildman–Crippen LogP) is 1.53. The number of hydrogen-bond donors (Lipinski definition) is 2. The topological polar surface area (TPSA) is 67.6 Å². The molecule has 126 valence electrons. The molecule has 2 fully saturated rings. The lowest BCUT2D eigenvalue weighted by Gasteiger charge is -2.35. The van der Waals surface area contributed by atoms with E-state index in [2.05, 4.69) is 34.5 Å². The molecule has 0 bridgehead atoms. The van der Waals surface area contributed by atoms with E-state index in [0.717, 1.165) is 52.0 Å². The highest BCUT2D eigenvalue weighted by Crippen LogP contribution is 2.21. The Morgan fingerprint density at radius 3 is 2.43 bits per heavy atom. The second-order valence-corrected chi connectivity index (χ2v) is 6.58. The third-order valence-electron chi connectivity index (χ3n) is 5.04. The van der Waals surface area contributed by atoms with Crippen molar-refractivity contribution < 1.29 is 9.53 Å². The first-order valence-corrected chi connectivity index (χ1v) is 8.68. The maximum absolute atomic E-state index is 12.4. The van der Waals surface area contributed by atoms with E-state index in [0.29, 0.717) is 0 Å². The molecule has 0 saturated carbocycles. The van der Waals surface area contributed by atoms with Crippen LogP contribution in [0.2, 0.25) is 0 Å². The van der Waals surface area contributed by atoms with Gasteiger partial charge < -0.3 is 20.7 Å². The zero-order chi connectivity index (χ0) is 16.1. The van der Waals surface area contributed by atoms with E-state index in [1.54, 1.807) is 0 Å². The fraction of sp³-hybridized carbons (Fsp3) is 0.611. The van der Waals surface area contributed by atoms with Crippen LogP contribution >= 0.6 is 0 Å². The number of para-hydroxylation sites is 1. The lowest BCUT2D eigenvalue weighted by Crippen LogP contribution is -2.52. The summed E-state index contributed by atoms with van der Waals surface area (Å²) in [5.41, 5.74) is 7.41. The summed E-state index contributed by atoms with van der Waals surface area (Å²) in [6.45, 7) is 3.39. The fourth-order valence-corrected chi connectivity index (χ4v) is 3.51. The Balaban J connectivity index is 1.45. The van der Waals surface area contributed by atoms with Gasteiger partial charge in [0.15, 0.2) is 0 Å². The van der Waals surface area contributed by atoms with Gasteiger partial charge in [0.05, 0.1) is 6.04 Å². The predicted molar refractivity (Wildman–Crippen MR) is 91.3 cm³/mol. The van der Waals surface area contributed by atoms with Gasteiger partial charge in [-0.3, -0.25) is 4.79 Å². The molecule has 2 heterocycles. The number of carbonyl (C=O) groups is 1. The summed E-state index contributed by atoms with van der Waals surface area (Å²) in [5.74, 6) is 0.267. The van der Waals surface area contributed by atoms with E-state index in [-0.39, 0.29) is 17.9 Å². The molecule has 3 N–H and O–H groups in total. The Morgan fingerprint density at radius 2 is 1.78 bits per heavy atom. The molecule has 1 aromatic carbocycles. The van der Waals surface area contributed by atoms with Crippen LogP contribution in [0.5, 0.6) is 0 Å². The Morgan fingerprint density at radius 1 is 1.13 bits per heavy atom. The summed E-state index contributed by atoms with van der Waals surface area (Å²) in [6.07, 6.45) is 3.73. The Bertz CT molecular complexity index is 494. The van der Waals surface area contributed by atoms with Gasteiger partial charge in [-0.25, -0.2) is 0 Å². The summed E-state index contributed by atoms with van der Waals surface area (Å²) in [7, 11) is 0. The van der Waals surface area contributed by atoms with Gasteiger partial charge >= 0.3 is 0 Å². The Kier molecular flexibility index (Phi) is 5.51. The number of benzene rings is 1. The molecule has 0 aliphatic carbocycles. The van der Waals surface area contributed by atoms with Crippen LogP contribution in [-0.2, 0) is 9.53 Å². The van der Waals surface area contributed by atoms with Gasteiger partial charge in [0.25, 0.3) is 0 Å². The van der Waals surface area contributed by atoms with Crippen LogP contribution in [0.4, 0.5) is 5.69 Å². The van der Waals surface area contributed by atoms with Crippen LogP contribution in [-0.4, -0.2) is 44.3 Å². The normalized spacial score (nSPS) is 21.9. The van der Waals surface area contributed by atoms with E-state index < -0.39 is 6.04 Å². The molecule has 1 atom stereocenters. The molecule has 2 saturated heterocycles. The first kappa shape index (κ1) is 16.3.